The van der Waals surface area contributed by atoms with Gasteiger partial charge in [-0.05, 0) is 43.3 Å². The monoisotopic (exact) mass is 407 g/mol. The smallest absolute Gasteiger partial charge is 0.272 e. The van der Waals surface area contributed by atoms with Crippen molar-refractivity contribution >= 4 is 46.9 Å². The highest BCUT2D eigenvalue weighted by Crippen LogP contribution is 2.35. The number of aromatic nitrogens is 1. The molecule has 8 heteroatoms. The molecular weight excluding hydrogens is 397 g/mol. The summed E-state index contributed by atoms with van der Waals surface area (Å²) in [4.78, 5) is 16.0. The quantitative estimate of drug-likeness (QED) is 0.358. The SMILES string of the molecule is Cc1ccc(C(=O)N/N=C/c2ccc(-c3cc(Cl)c(Cl)cc3Cl)o2)cn1. The first-order valence-corrected chi connectivity index (χ1v) is 8.58. The molecule has 0 fully saturated rings. The molecule has 1 amide bonds. The molecule has 0 saturated heterocycles. The molecule has 0 aliphatic heterocycles. The van der Waals surface area contributed by atoms with Crippen molar-refractivity contribution in [2.24, 2.45) is 5.10 Å². The molecule has 2 heterocycles. The highest BCUT2D eigenvalue weighted by Gasteiger charge is 2.11. The summed E-state index contributed by atoms with van der Waals surface area (Å²) in [6.07, 6.45) is 2.87. The van der Waals surface area contributed by atoms with Crippen LogP contribution in [0.25, 0.3) is 11.3 Å². The number of nitrogens with zero attached hydrogens (tertiary/aromatic N) is 2. The number of rotatable bonds is 4. The van der Waals surface area contributed by atoms with Gasteiger partial charge < -0.3 is 4.42 Å². The summed E-state index contributed by atoms with van der Waals surface area (Å²) in [6, 6.07) is 10.0. The first kappa shape index (κ1) is 18.5. The molecular formula is C18H12Cl3N3O2. The molecule has 0 aliphatic rings. The topological polar surface area (TPSA) is 67.5 Å². The van der Waals surface area contributed by atoms with Gasteiger partial charge in [-0.15, -0.1) is 0 Å². The molecule has 0 radical (unpaired) electrons. The van der Waals surface area contributed by atoms with Gasteiger partial charge in [0.15, 0.2) is 0 Å². The first-order chi connectivity index (χ1) is 12.4. The van der Waals surface area contributed by atoms with Gasteiger partial charge in [-0.1, -0.05) is 34.8 Å². The minimum absolute atomic E-state index is 0.363. The van der Waals surface area contributed by atoms with Crippen LogP contribution < -0.4 is 5.43 Å². The van der Waals surface area contributed by atoms with Crippen LogP contribution in [0.1, 0.15) is 21.8 Å². The summed E-state index contributed by atoms with van der Waals surface area (Å²) in [5.74, 6) is 0.571. The average Bonchev–Trinajstić information content (AvgIpc) is 3.07. The molecule has 0 saturated carbocycles. The Bertz CT molecular complexity index is 982. The van der Waals surface area contributed by atoms with E-state index in [1.807, 2.05) is 6.92 Å². The Morgan fingerprint density at radius 2 is 1.88 bits per heavy atom. The maximum absolute atomic E-state index is 11.9. The lowest BCUT2D eigenvalue weighted by Gasteiger charge is -2.03. The molecule has 2 aromatic heterocycles. The third-order valence-corrected chi connectivity index (χ3v) is 4.47. The fraction of sp³-hybridized carbons (Fsp3) is 0.0556. The summed E-state index contributed by atoms with van der Waals surface area (Å²) in [7, 11) is 0. The van der Waals surface area contributed by atoms with E-state index in [0.29, 0.717) is 37.7 Å². The zero-order chi connectivity index (χ0) is 18.7. The molecule has 5 nitrogen and oxygen atoms in total. The van der Waals surface area contributed by atoms with E-state index >= 15 is 0 Å². The lowest BCUT2D eigenvalue weighted by Crippen LogP contribution is -2.17. The number of hydrogen-bond acceptors (Lipinski definition) is 4. The number of aryl methyl sites for hydroxylation is 1. The molecule has 0 bridgehead atoms. The normalized spacial score (nSPS) is 11.1. The first-order valence-electron chi connectivity index (χ1n) is 7.45. The molecule has 0 spiro atoms. The van der Waals surface area contributed by atoms with Gasteiger partial charge in [-0.2, -0.15) is 5.10 Å². The molecule has 0 aliphatic carbocycles. The van der Waals surface area contributed by atoms with Gasteiger partial charge in [0.1, 0.15) is 11.5 Å². The van der Waals surface area contributed by atoms with Crippen LogP contribution in [0.4, 0.5) is 0 Å². The Hall–Kier alpha value is -2.34. The maximum Gasteiger partial charge on any atom is 0.272 e. The van der Waals surface area contributed by atoms with Gasteiger partial charge in [0.2, 0.25) is 0 Å². The van der Waals surface area contributed by atoms with Crippen molar-refractivity contribution in [2.45, 2.75) is 6.92 Å². The standard InChI is InChI=1S/C18H12Cl3N3O2/c1-10-2-3-11(8-22-10)18(25)24-23-9-12-4-5-17(26-12)13-6-15(20)16(21)7-14(13)19/h2-9H,1H3,(H,24,25)/b23-9+. The van der Waals surface area contributed by atoms with Crippen LogP contribution in [0.5, 0.6) is 0 Å². The van der Waals surface area contributed by atoms with Crippen LogP contribution in [0.3, 0.4) is 0 Å². The van der Waals surface area contributed by atoms with Crippen LogP contribution in [-0.4, -0.2) is 17.1 Å². The Kier molecular flexibility index (Phi) is 5.61. The maximum atomic E-state index is 11.9. The number of furan rings is 1. The van der Waals surface area contributed by atoms with Gasteiger partial charge in [0.05, 0.1) is 26.8 Å². The van der Waals surface area contributed by atoms with Gasteiger partial charge in [0, 0.05) is 17.5 Å². The summed E-state index contributed by atoms with van der Waals surface area (Å²) < 4.78 is 5.65. The zero-order valence-corrected chi connectivity index (χ0v) is 15.7. The second-order valence-electron chi connectivity index (χ2n) is 5.34. The van der Waals surface area contributed by atoms with Crippen LogP contribution in [-0.2, 0) is 0 Å². The number of halogens is 3. The van der Waals surface area contributed by atoms with Crippen molar-refractivity contribution < 1.29 is 9.21 Å². The van der Waals surface area contributed by atoms with E-state index in [0.717, 1.165) is 5.69 Å². The van der Waals surface area contributed by atoms with E-state index in [1.165, 1.54) is 12.4 Å². The summed E-state index contributed by atoms with van der Waals surface area (Å²) in [6.45, 7) is 1.84. The van der Waals surface area contributed by atoms with E-state index in [1.54, 1.807) is 36.4 Å². The second kappa shape index (κ2) is 7.91. The predicted molar refractivity (Wildman–Crippen MR) is 103 cm³/mol. The molecule has 3 aromatic rings. The fourth-order valence-electron chi connectivity index (χ4n) is 2.10. The molecule has 0 unspecified atom stereocenters. The number of pyridine rings is 1. The number of nitrogens with one attached hydrogen (secondary N) is 1. The zero-order valence-electron chi connectivity index (χ0n) is 13.5. The molecule has 132 valence electrons. The minimum atomic E-state index is -0.368. The van der Waals surface area contributed by atoms with Gasteiger partial charge in [-0.3, -0.25) is 9.78 Å². The lowest BCUT2D eigenvalue weighted by molar-refractivity contribution is 0.0954. The predicted octanol–water partition coefficient (Wildman–Crippen LogP) is 5.37. The van der Waals surface area contributed by atoms with Gasteiger partial charge in [0.25, 0.3) is 5.91 Å². The van der Waals surface area contributed by atoms with Crippen LogP contribution in [0, 0.1) is 6.92 Å². The van der Waals surface area contributed by atoms with E-state index in [-0.39, 0.29) is 5.91 Å². The third-order valence-electron chi connectivity index (χ3n) is 3.43. The lowest BCUT2D eigenvalue weighted by atomic mass is 10.2. The average molecular weight is 409 g/mol. The minimum Gasteiger partial charge on any atom is -0.455 e. The Morgan fingerprint density at radius 1 is 1.12 bits per heavy atom. The molecule has 1 N–H and O–H groups in total. The second-order valence-corrected chi connectivity index (χ2v) is 6.56. The van der Waals surface area contributed by atoms with Crippen LogP contribution in [0.15, 0.2) is 52.1 Å². The highest BCUT2D eigenvalue weighted by atomic mass is 35.5. The number of benzene rings is 1. The van der Waals surface area contributed by atoms with Crippen molar-refractivity contribution in [1.82, 2.24) is 10.4 Å². The van der Waals surface area contributed by atoms with E-state index in [9.17, 15) is 4.79 Å². The van der Waals surface area contributed by atoms with Crippen molar-refractivity contribution in [3.8, 4) is 11.3 Å². The number of hydrogen-bond donors (Lipinski definition) is 1. The van der Waals surface area contributed by atoms with Crippen molar-refractivity contribution in [2.75, 3.05) is 0 Å². The Labute approximate surface area is 164 Å². The third kappa shape index (κ3) is 4.25. The Balaban J connectivity index is 1.70. The van der Waals surface area contributed by atoms with Gasteiger partial charge in [-0.25, -0.2) is 5.43 Å². The number of carbonyl (C=O) groups is 1. The summed E-state index contributed by atoms with van der Waals surface area (Å²) in [5, 5.41) is 5.02. The van der Waals surface area contributed by atoms with E-state index in [4.69, 9.17) is 39.2 Å². The molecule has 0 atom stereocenters. The van der Waals surface area contributed by atoms with Gasteiger partial charge >= 0.3 is 0 Å². The van der Waals surface area contributed by atoms with Crippen molar-refractivity contribution in [1.29, 1.82) is 0 Å². The summed E-state index contributed by atoms with van der Waals surface area (Å²) >= 11 is 18.1. The molecule has 26 heavy (non-hydrogen) atoms. The highest BCUT2D eigenvalue weighted by molar-refractivity contribution is 6.44. The molecule has 1 aromatic carbocycles. The Morgan fingerprint density at radius 3 is 2.62 bits per heavy atom. The van der Waals surface area contributed by atoms with E-state index < -0.39 is 0 Å². The van der Waals surface area contributed by atoms with Crippen molar-refractivity contribution in [3.05, 3.63) is 74.7 Å². The van der Waals surface area contributed by atoms with E-state index in [2.05, 4.69) is 15.5 Å². The largest absolute Gasteiger partial charge is 0.455 e. The van der Waals surface area contributed by atoms with Crippen LogP contribution in [0.2, 0.25) is 15.1 Å². The molecule has 3 rings (SSSR count). The number of amides is 1. The number of hydrazone groups is 1. The van der Waals surface area contributed by atoms with Crippen LogP contribution >= 0.6 is 34.8 Å². The van der Waals surface area contributed by atoms with Crippen molar-refractivity contribution in [3.63, 3.8) is 0 Å². The summed E-state index contributed by atoms with van der Waals surface area (Å²) in [5.41, 5.74) is 4.26. The number of carbonyl (C=O) groups excluding carboxylic acids is 1. The fourth-order valence-corrected chi connectivity index (χ4v) is 2.74.